The lowest BCUT2D eigenvalue weighted by atomic mass is 10.2. The summed E-state index contributed by atoms with van der Waals surface area (Å²) in [6.07, 6.45) is 1.98. The summed E-state index contributed by atoms with van der Waals surface area (Å²) in [6, 6.07) is -0.0609. The third kappa shape index (κ3) is 4.63. The van der Waals surface area contributed by atoms with Gasteiger partial charge in [0, 0.05) is 44.7 Å². The molecule has 2 aliphatic rings. The minimum atomic E-state index is -0.0609. The van der Waals surface area contributed by atoms with Crippen molar-refractivity contribution >= 4 is 17.4 Å². The van der Waals surface area contributed by atoms with Crippen molar-refractivity contribution in [2.24, 2.45) is 0 Å². The summed E-state index contributed by atoms with van der Waals surface area (Å²) in [4.78, 5) is 25.5. The molecule has 0 bridgehead atoms. The molecule has 4 heterocycles. The van der Waals surface area contributed by atoms with Gasteiger partial charge in [-0.15, -0.1) is 11.3 Å². The molecule has 0 radical (unpaired) electrons. The van der Waals surface area contributed by atoms with Gasteiger partial charge in [-0.1, -0.05) is 0 Å². The highest BCUT2D eigenvalue weighted by atomic mass is 32.1. The molecule has 1 unspecified atom stereocenters. The van der Waals surface area contributed by atoms with E-state index in [0.717, 1.165) is 49.8 Å². The fourth-order valence-corrected chi connectivity index (χ4v) is 4.01. The number of amides is 2. The lowest BCUT2D eigenvalue weighted by Gasteiger charge is -2.34. The van der Waals surface area contributed by atoms with Crippen LogP contribution in [0.5, 0.6) is 0 Å². The van der Waals surface area contributed by atoms with Crippen molar-refractivity contribution in [3.63, 3.8) is 0 Å². The van der Waals surface area contributed by atoms with E-state index in [9.17, 15) is 4.79 Å². The first-order valence-electron chi connectivity index (χ1n) is 9.36. The van der Waals surface area contributed by atoms with Crippen molar-refractivity contribution in [1.29, 1.82) is 0 Å². The van der Waals surface area contributed by atoms with Crippen LogP contribution >= 0.6 is 11.3 Å². The van der Waals surface area contributed by atoms with Gasteiger partial charge in [0.15, 0.2) is 5.82 Å². The fraction of sp³-hybridized carbons (Fsp3) is 0.647. The standard InChI is InChI=1S/C17H25N7O2S/c1-12-19-13(11-27-12)10-23-4-6-24(7-5-23)17(25)18-9-15-20-16(22-21-15)14-3-2-8-26-14/h11,14H,2-10H2,1H3,(H,18,25)(H,20,21,22). The zero-order valence-corrected chi connectivity index (χ0v) is 16.3. The molecule has 27 heavy (non-hydrogen) atoms. The third-order valence-electron chi connectivity index (χ3n) is 4.89. The largest absolute Gasteiger partial charge is 0.370 e. The van der Waals surface area contributed by atoms with E-state index in [4.69, 9.17) is 4.74 Å². The van der Waals surface area contributed by atoms with Crippen LogP contribution in [0.2, 0.25) is 0 Å². The molecule has 146 valence electrons. The van der Waals surface area contributed by atoms with E-state index in [1.807, 2.05) is 11.8 Å². The van der Waals surface area contributed by atoms with Gasteiger partial charge < -0.3 is 15.0 Å². The average Bonchev–Trinajstić information content (AvgIpc) is 3.42. The van der Waals surface area contributed by atoms with Crippen molar-refractivity contribution in [2.75, 3.05) is 32.8 Å². The average molecular weight is 392 g/mol. The zero-order valence-electron chi connectivity index (χ0n) is 15.5. The van der Waals surface area contributed by atoms with Crippen molar-refractivity contribution in [1.82, 2.24) is 35.3 Å². The lowest BCUT2D eigenvalue weighted by molar-refractivity contribution is 0.105. The Morgan fingerprint density at radius 1 is 1.37 bits per heavy atom. The zero-order chi connectivity index (χ0) is 18.6. The molecular weight excluding hydrogens is 366 g/mol. The minimum Gasteiger partial charge on any atom is -0.370 e. The Bertz CT molecular complexity index is 763. The van der Waals surface area contributed by atoms with Crippen LogP contribution < -0.4 is 5.32 Å². The molecule has 2 saturated heterocycles. The Morgan fingerprint density at radius 2 is 2.22 bits per heavy atom. The van der Waals surface area contributed by atoms with E-state index in [1.54, 1.807) is 11.3 Å². The fourth-order valence-electron chi connectivity index (χ4n) is 3.40. The van der Waals surface area contributed by atoms with Crippen LogP contribution in [0, 0.1) is 6.92 Å². The smallest absolute Gasteiger partial charge is 0.317 e. The summed E-state index contributed by atoms with van der Waals surface area (Å²) in [5.41, 5.74) is 1.11. The molecule has 2 aromatic heterocycles. The summed E-state index contributed by atoms with van der Waals surface area (Å²) >= 11 is 1.68. The minimum absolute atomic E-state index is 0.0136. The maximum atomic E-state index is 12.4. The van der Waals surface area contributed by atoms with Crippen molar-refractivity contribution in [3.8, 4) is 0 Å². The molecule has 10 heteroatoms. The van der Waals surface area contributed by atoms with Gasteiger partial charge in [-0.2, -0.15) is 5.10 Å². The van der Waals surface area contributed by atoms with Gasteiger partial charge in [0.05, 0.1) is 17.2 Å². The Morgan fingerprint density at radius 3 is 2.93 bits per heavy atom. The number of carbonyl (C=O) groups is 1. The number of hydrogen-bond donors (Lipinski definition) is 2. The number of aromatic amines is 1. The summed E-state index contributed by atoms with van der Waals surface area (Å²) in [6.45, 7) is 7.12. The van der Waals surface area contributed by atoms with Crippen molar-refractivity contribution < 1.29 is 9.53 Å². The number of carbonyl (C=O) groups excluding carboxylic acids is 1. The summed E-state index contributed by atoms with van der Waals surface area (Å²) in [5.74, 6) is 1.34. The highest BCUT2D eigenvalue weighted by molar-refractivity contribution is 7.09. The molecule has 1 atom stereocenters. The first-order chi connectivity index (χ1) is 13.2. The van der Waals surface area contributed by atoms with E-state index in [-0.39, 0.29) is 12.1 Å². The molecule has 2 N–H and O–H groups in total. The first kappa shape index (κ1) is 18.3. The van der Waals surface area contributed by atoms with Crippen LogP contribution in [0.25, 0.3) is 0 Å². The number of hydrogen-bond acceptors (Lipinski definition) is 7. The highest BCUT2D eigenvalue weighted by Crippen LogP contribution is 2.25. The van der Waals surface area contributed by atoms with Gasteiger partial charge in [-0.25, -0.2) is 14.8 Å². The molecule has 2 aliphatic heterocycles. The van der Waals surface area contributed by atoms with Crippen LogP contribution in [-0.4, -0.2) is 68.8 Å². The number of nitrogens with one attached hydrogen (secondary N) is 2. The van der Waals surface area contributed by atoms with Gasteiger partial charge in [0.25, 0.3) is 0 Å². The number of thiazole rings is 1. The van der Waals surface area contributed by atoms with Crippen molar-refractivity contribution in [3.05, 3.63) is 27.7 Å². The number of aryl methyl sites for hydroxylation is 1. The first-order valence-corrected chi connectivity index (χ1v) is 10.2. The number of urea groups is 1. The maximum absolute atomic E-state index is 12.4. The predicted molar refractivity (Wildman–Crippen MR) is 100 cm³/mol. The van der Waals surface area contributed by atoms with Gasteiger partial charge in [0.1, 0.15) is 11.9 Å². The van der Waals surface area contributed by atoms with Crippen molar-refractivity contribution in [2.45, 2.75) is 39.0 Å². The summed E-state index contributed by atoms with van der Waals surface area (Å²) in [5, 5.41) is 13.2. The Kier molecular flexibility index (Phi) is 5.65. The van der Waals surface area contributed by atoms with Crippen LogP contribution in [0.3, 0.4) is 0 Å². The number of piperazine rings is 1. The molecule has 0 saturated carbocycles. The second-order valence-electron chi connectivity index (χ2n) is 6.92. The maximum Gasteiger partial charge on any atom is 0.317 e. The summed E-state index contributed by atoms with van der Waals surface area (Å²) < 4.78 is 5.58. The Balaban J connectivity index is 1.20. The molecule has 9 nitrogen and oxygen atoms in total. The van der Waals surface area contributed by atoms with Gasteiger partial charge >= 0.3 is 6.03 Å². The second kappa shape index (κ2) is 8.32. The molecule has 4 rings (SSSR count). The van der Waals surface area contributed by atoms with Crippen LogP contribution in [0.1, 0.15) is 41.3 Å². The SMILES string of the molecule is Cc1nc(CN2CCN(C(=O)NCc3nc(C4CCCO4)n[nH]3)CC2)cs1. The van der Waals surface area contributed by atoms with E-state index in [1.165, 1.54) is 0 Å². The van der Waals surface area contributed by atoms with Gasteiger partial charge in [-0.05, 0) is 19.8 Å². The topological polar surface area (TPSA) is 99.3 Å². The Hall–Kier alpha value is -2.04. The number of H-pyrrole nitrogens is 1. The van der Waals surface area contributed by atoms with Gasteiger partial charge in [-0.3, -0.25) is 10.00 Å². The predicted octanol–water partition coefficient (Wildman–Crippen LogP) is 1.45. The van der Waals surface area contributed by atoms with E-state index >= 15 is 0 Å². The number of ether oxygens (including phenoxy) is 1. The summed E-state index contributed by atoms with van der Waals surface area (Å²) in [7, 11) is 0. The monoisotopic (exact) mass is 391 g/mol. The van der Waals surface area contributed by atoms with E-state index in [2.05, 4.69) is 35.8 Å². The quantitative estimate of drug-likeness (QED) is 0.800. The molecule has 2 fully saturated rings. The van der Waals surface area contributed by atoms with Crippen LogP contribution in [-0.2, 0) is 17.8 Å². The molecule has 2 amide bonds. The van der Waals surface area contributed by atoms with Crippen LogP contribution in [0.4, 0.5) is 4.79 Å². The molecule has 0 aromatic carbocycles. The molecular formula is C17H25N7O2S. The molecule has 0 aliphatic carbocycles. The number of nitrogens with zero attached hydrogens (tertiary/aromatic N) is 5. The number of aromatic nitrogens is 4. The van der Waals surface area contributed by atoms with E-state index < -0.39 is 0 Å². The second-order valence-corrected chi connectivity index (χ2v) is 7.98. The normalized spacial score (nSPS) is 20.9. The van der Waals surface area contributed by atoms with Crippen LogP contribution in [0.15, 0.2) is 5.38 Å². The highest BCUT2D eigenvalue weighted by Gasteiger charge is 2.23. The van der Waals surface area contributed by atoms with Gasteiger partial charge in [0.2, 0.25) is 0 Å². The lowest BCUT2D eigenvalue weighted by Crippen LogP contribution is -2.51. The molecule has 2 aromatic rings. The van der Waals surface area contributed by atoms with E-state index in [0.29, 0.717) is 31.3 Å². The Labute approximate surface area is 162 Å². The molecule has 0 spiro atoms. The third-order valence-corrected chi connectivity index (χ3v) is 5.71. The number of rotatable bonds is 5.